The highest BCUT2D eigenvalue weighted by molar-refractivity contribution is 7.91. The van der Waals surface area contributed by atoms with Gasteiger partial charge in [-0.15, -0.1) is 12.4 Å². The molecule has 1 saturated carbocycles. The minimum atomic E-state index is -5.58. The van der Waals surface area contributed by atoms with E-state index in [2.05, 4.69) is 4.90 Å². The van der Waals surface area contributed by atoms with E-state index in [0.29, 0.717) is 37.5 Å². The SMILES string of the molecule is Cl.O=C(NO)C1(S(=O)(=O)N2CCC(c3ccc(CCC(F)(F)C(F)(F)F)cc3)CC2)CCN(C2CC2)CC1. The van der Waals surface area contributed by atoms with Crippen molar-refractivity contribution in [2.24, 2.45) is 0 Å². The summed E-state index contributed by atoms with van der Waals surface area (Å²) in [7, 11) is -4.06. The van der Waals surface area contributed by atoms with Gasteiger partial charge in [0.25, 0.3) is 5.91 Å². The number of sulfonamides is 1. The minimum absolute atomic E-state index is 0. The number of carbonyl (C=O) groups is 1. The quantitative estimate of drug-likeness (QED) is 0.269. The van der Waals surface area contributed by atoms with Crippen molar-refractivity contribution >= 4 is 28.3 Å². The highest BCUT2D eigenvalue weighted by Crippen LogP contribution is 2.41. The van der Waals surface area contributed by atoms with Gasteiger partial charge in [0.15, 0.2) is 4.75 Å². The Morgan fingerprint density at radius 3 is 2.00 bits per heavy atom. The maximum atomic E-state index is 13.7. The second-order valence-electron chi connectivity index (χ2n) is 10.3. The molecule has 1 aromatic carbocycles. The fourth-order valence-electron chi connectivity index (χ4n) is 5.47. The van der Waals surface area contributed by atoms with Gasteiger partial charge in [0.05, 0.1) is 0 Å². The number of aryl methyl sites for hydroxylation is 1. The number of benzene rings is 1. The number of alkyl halides is 5. The lowest BCUT2D eigenvalue weighted by Gasteiger charge is -2.43. The molecule has 216 valence electrons. The fourth-order valence-corrected chi connectivity index (χ4v) is 7.63. The molecule has 14 heteroatoms. The zero-order chi connectivity index (χ0) is 27.1. The van der Waals surface area contributed by atoms with E-state index < -0.39 is 45.6 Å². The third kappa shape index (κ3) is 6.11. The van der Waals surface area contributed by atoms with Crippen LogP contribution in [0.1, 0.15) is 62.0 Å². The van der Waals surface area contributed by atoms with Crippen LogP contribution in [0.3, 0.4) is 0 Å². The van der Waals surface area contributed by atoms with Gasteiger partial charge in [-0.1, -0.05) is 24.3 Å². The van der Waals surface area contributed by atoms with Gasteiger partial charge in [-0.05, 0) is 62.0 Å². The molecule has 0 bridgehead atoms. The van der Waals surface area contributed by atoms with Gasteiger partial charge in [-0.3, -0.25) is 10.0 Å². The molecule has 0 radical (unpaired) electrons. The Hall–Kier alpha value is -1.54. The Labute approximate surface area is 225 Å². The molecule has 0 spiro atoms. The van der Waals surface area contributed by atoms with Gasteiger partial charge in [0.1, 0.15) is 0 Å². The maximum Gasteiger partial charge on any atom is 0.453 e. The zero-order valence-electron chi connectivity index (χ0n) is 20.7. The Bertz CT molecular complexity index is 1070. The lowest BCUT2D eigenvalue weighted by molar-refractivity contribution is -0.284. The lowest BCUT2D eigenvalue weighted by Crippen LogP contribution is -2.62. The number of carbonyl (C=O) groups excluding carboxylic acids is 1. The molecular formula is C24H33ClF5N3O4S. The summed E-state index contributed by atoms with van der Waals surface area (Å²) < 4.78 is 90.5. The van der Waals surface area contributed by atoms with Gasteiger partial charge in [-0.2, -0.15) is 22.0 Å². The monoisotopic (exact) mass is 589 g/mol. The predicted octanol–water partition coefficient (Wildman–Crippen LogP) is 4.25. The van der Waals surface area contributed by atoms with Crippen LogP contribution in [0.15, 0.2) is 24.3 Å². The molecule has 3 aliphatic rings. The van der Waals surface area contributed by atoms with Gasteiger partial charge in [0.2, 0.25) is 10.0 Å². The first-order valence-electron chi connectivity index (χ1n) is 12.5. The van der Waals surface area contributed by atoms with Gasteiger partial charge < -0.3 is 4.90 Å². The summed E-state index contributed by atoms with van der Waals surface area (Å²) in [5, 5.41) is 9.34. The van der Waals surface area contributed by atoms with Crippen molar-refractivity contribution in [1.29, 1.82) is 0 Å². The van der Waals surface area contributed by atoms with Crippen LogP contribution in [0, 0.1) is 0 Å². The van der Waals surface area contributed by atoms with E-state index in [1.807, 2.05) is 0 Å². The summed E-state index contributed by atoms with van der Waals surface area (Å²) in [6.07, 6.45) is -4.04. The smallest absolute Gasteiger partial charge is 0.300 e. The van der Waals surface area contributed by atoms with Gasteiger partial charge in [0, 0.05) is 38.6 Å². The van der Waals surface area contributed by atoms with Crippen molar-refractivity contribution in [1.82, 2.24) is 14.7 Å². The van der Waals surface area contributed by atoms with Crippen molar-refractivity contribution < 1.29 is 40.4 Å². The molecule has 0 aromatic heterocycles. The summed E-state index contributed by atoms with van der Waals surface area (Å²) >= 11 is 0. The van der Waals surface area contributed by atoms with Crippen molar-refractivity contribution in [2.75, 3.05) is 26.2 Å². The molecule has 2 aliphatic heterocycles. The number of hydrogen-bond acceptors (Lipinski definition) is 5. The molecule has 2 heterocycles. The van der Waals surface area contributed by atoms with Crippen molar-refractivity contribution in [3.63, 3.8) is 0 Å². The summed E-state index contributed by atoms with van der Waals surface area (Å²) in [6, 6.07) is 6.87. The van der Waals surface area contributed by atoms with Crippen LogP contribution in [0.25, 0.3) is 0 Å². The van der Waals surface area contributed by atoms with Crippen LogP contribution in [-0.4, -0.2) is 77.8 Å². The van der Waals surface area contributed by atoms with E-state index in [0.717, 1.165) is 18.4 Å². The zero-order valence-corrected chi connectivity index (χ0v) is 22.4. The molecule has 2 N–H and O–H groups in total. The molecule has 3 fully saturated rings. The average Bonchev–Trinajstić information content (AvgIpc) is 3.72. The number of halogens is 6. The Morgan fingerprint density at radius 2 is 1.53 bits per heavy atom. The number of amides is 1. The number of likely N-dealkylation sites (tertiary alicyclic amines) is 1. The molecule has 1 aromatic rings. The number of hydrogen-bond donors (Lipinski definition) is 2. The van der Waals surface area contributed by atoms with Crippen LogP contribution >= 0.6 is 12.4 Å². The lowest BCUT2D eigenvalue weighted by atomic mass is 9.89. The van der Waals surface area contributed by atoms with E-state index in [4.69, 9.17) is 0 Å². The molecule has 1 aliphatic carbocycles. The van der Waals surface area contributed by atoms with E-state index in [1.54, 1.807) is 17.6 Å². The molecule has 1 amide bonds. The first kappa shape index (κ1) is 31.0. The second-order valence-corrected chi connectivity index (χ2v) is 12.6. The first-order valence-corrected chi connectivity index (χ1v) is 14.0. The number of nitrogens with zero attached hydrogens (tertiary/aromatic N) is 2. The third-order valence-corrected chi connectivity index (χ3v) is 10.7. The summed E-state index contributed by atoms with van der Waals surface area (Å²) in [5.41, 5.74) is 2.79. The Kier molecular flexibility index (Phi) is 9.40. The first-order chi connectivity index (χ1) is 17.3. The molecular weight excluding hydrogens is 557 g/mol. The fraction of sp³-hybridized carbons (Fsp3) is 0.708. The summed E-state index contributed by atoms with van der Waals surface area (Å²) in [6.45, 7) is 1.29. The van der Waals surface area contributed by atoms with Crippen LogP contribution in [-0.2, 0) is 21.2 Å². The maximum absolute atomic E-state index is 13.7. The van der Waals surface area contributed by atoms with Crippen LogP contribution in [0.4, 0.5) is 22.0 Å². The molecule has 0 unspecified atom stereocenters. The third-order valence-electron chi connectivity index (χ3n) is 8.07. The predicted molar refractivity (Wildman–Crippen MR) is 132 cm³/mol. The van der Waals surface area contributed by atoms with Crippen molar-refractivity contribution in [3.8, 4) is 0 Å². The highest BCUT2D eigenvalue weighted by Gasteiger charge is 2.57. The van der Waals surface area contributed by atoms with E-state index in [9.17, 15) is 40.4 Å². The summed E-state index contributed by atoms with van der Waals surface area (Å²) in [4.78, 5) is 14.9. The number of hydroxylamine groups is 1. The molecule has 7 nitrogen and oxygen atoms in total. The Morgan fingerprint density at radius 1 is 0.974 bits per heavy atom. The molecule has 38 heavy (non-hydrogen) atoms. The molecule has 2 saturated heterocycles. The minimum Gasteiger partial charge on any atom is -0.300 e. The van der Waals surface area contributed by atoms with E-state index in [1.165, 1.54) is 16.4 Å². The average molecular weight is 590 g/mol. The number of nitrogens with one attached hydrogen (secondary N) is 1. The van der Waals surface area contributed by atoms with E-state index >= 15 is 0 Å². The topological polar surface area (TPSA) is 89.9 Å². The Balaban J connectivity index is 0.00000400. The molecule has 0 atom stereocenters. The van der Waals surface area contributed by atoms with Crippen LogP contribution < -0.4 is 5.48 Å². The standard InChI is InChI=1S/C24H32F5N3O4S.ClH/c25-23(26,24(27,28)29)10-7-17-1-3-18(4-2-17)19-8-13-32(14-9-19)37(35,36)22(21(33)30-34)11-15-31(16-12-22)20-5-6-20;/h1-4,19-20,34H,5-16H2,(H,30,33);1H. The molecule has 4 rings (SSSR count). The van der Waals surface area contributed by atoms with Crippen LogP contribution in [0.2, 0.25) is 0 Å². The van der Waals surface area contributed by atoms with Gasteiger partial charge in [-0.25, -0.2) is 18.2 Å². The number of piperidine rings is 2. The van der Waals surface area contributed by atoms with E-state index in [-0.39, 0.29) is 44.3 Å². The van der Waals surface area contributed by atoms with Crippen molar-refractivity contribution in [2.45, 2.75) is 80.2 Å². The normalized spacial score (nSPS) is 22.1. The van der Waals surface area contributed by atoms with Gasteiger partial charge >= 0.3 is 12.1 Å². The van der Waals surface area contributed by atoms with Crippen LogP contribution in [0.5, 0.6) is 0 Å². The largest absolute Gasteiger partial charge is 0.453 e. The summed E-state index contributed by atoms with van der Waals surface area (Å²) in [5.74, 6) is -5.67. The second kappa shape index (κ2) is 11.5. The van der Waals surface area contributed by atoms with Crippen molar-refractivity contribution in [3.05, 3.63) is 35.4 Å². The number of rotatable bonds is 8. The highest BCUT2D eigenvalue weighted by atomic mass is 35.5.